The third kappa shape index (κ3) is 2.39. The Morgan fingerprint density at radius 1 is 0.368 bits per heavy atom. The van der Waals surface area contributed by atoms with Crippen LogP contribution in [0.3, 0.4) is 0 Å². The van der Waals surface area contributed by atoms with E-state index in [1.165, 1.54) is 0 Å². The van der Waals surface area contributed by atoms with Crippen LogP contribution in [-0.2, 0) is 23.6 Å². The van der Waals surface area contributed by atoms with Crippen molar-refractivity contribution >= 4 is 67.5 Å². The lowest BCUT2D eigenvalue weighted by Gasteiger charge is -2.43. The summed E-state index contributed by atoms with van der Waals surface area (Å²) in [6.45, 7) is 0. The molecule has 0 aliphatic carbocycles. The third-order valence-corrected chi connectivity index (χ3v) is 17.3. The van der Waals surface area contributed by atoms with E-state index in [2.05, 4.69) is 24.3 Å². The van der Waals surface area contributed by atoms with Crippen LogP contribution in [-0.4, -0.2) is 0 Å². The lowest BCUT2D eigenvalue weighted by Crippen LogP contribution is -2.40. The van der Waals surface area contributed by atoms with E-state index in [9.17, 15) is 0 Å². The average molecular weight is 567 g/mol. The van der Waals surface area contributed by atoms with E-state index < -0.39 is 12.1 Å². The summed E-state index contributed by atoms with van der Waals surface area (Å²) in [5, 5.41) is 5.66. The molecule has 0 spiro atoms. The second kappa shape index (κ2) is 7.16. The molecule has 4 heterocycles. The molecule has 4 aliphatic heterocycles. The summed E-state index contributed by atoms with van der Waals surface area (Å²) in [6, 6.07) is 27.0. The van der Waals surface area contributed by atoms with Gasteiger partial charge >= 0.3 is 0 Å². The number of rotatable bonds is 0. The average Bonchev–Trinajstić information content (AvgIpc) is 2.95. The molecule has 0 unspecified atom stereocenters. The lowest BCUT2D eigenvalue weighted by molar-refractivity contribution is 0.399. The highest BCUT2D eigenvalue weighted by Gasteiger charge is 2.52. The van der Waals surface area contributed by atoms with Gasteiger partial charge in [0.2, 0.25) is 0 Å². The van der Waals surface area contributed by atoms with E-state index in [-0.39, 0.29) is 0 Å². The predicted octanol–water partition coefficient (Wildman–Crippen LogP) is 5.62. The van der Waals surface area contributed by atoms with Crippen LogP contribution in [0.1, 0.15) is 0 Å². The molecule has 5 aromatic rings. The standard InChI is InChI=1S/C30H16O4P2S2/c37-35-21-13-5-1-9-17(21)31-25-26-30-28(27(29(25)35)33-18-10-2-6-14-22(18)35)34-20-12-4-8-16-24(20)36(30,38)23-15-7-3-11-19(23)32-26/h1-16H. The Morgan fingerprint density at radius 3 is 0.868 bits per heavy atom. The van der Waals surface area contributed by atoms with Crippen molar-refractivity contribution in [2.75, 3.05) is 0 Å². The Hall–Kier alpha value is -3.40. The second-order valence-electron chi connectivity index (χ2n) is 9.51. The first-order chi connectivity index (χ1) is 18.6. The van der Waals surface area contributed by atoms with Gasteiger partial charge in [-0.3, -0.25) is 0 Å². The smallest absolute Gasteiger partial charge is 0.183 e. The van der Waals surface area contributed by atoms with Crippen LogP contribution >= 0.6 is 12.1 Å². The second-order valence-corrected chi connectivity index (χ2v) is 18.1. The molecular weight excluding hydrogens is 550 g/mol. The number of fused-ring (bicyclic) bond motifs is 10. The van der Waals surface area contributed by atoms with Gasteiger partial charge in [-0.1, -0.05) is 72.1 Å². The highest BCUT2D eigenvalue weighted by Crippen LogP contribution is 2.68. The maximum absolute atomic E-state index is 6.72. The molecule has 8 heteroatoms. The molecule has 0 saturated carbocycles. The summed E-state index contributed by atoms with van der Waals surface area (Å²) in [5.41, 5.74) is 0. The number of para-hydroxylation sites is 4. The molecule has 0 radical (unpaired) electrons. The van der Waals surface area contributed by atoms with E-state index in [0.717, 1.165) is 54.8 Å². The SMILES string of the molecule is S=P12c3ccccc3Oc3c4c5c(c(c31)Oc1ccccc12)Oc1ccccc1P5(=S)c1ccccc1O4. The topological polar surface area (TPSA) is 36.9 Å². The van der Waals surface area contributed by atoms with Gasteiger partial charge in [-0.05, 0) is 48.5 Å². The van der Waals surface area contributed by atoms with Gasteiger partial charge in [-0.2, -0.15) is 0 Å². The van der Waals surface area contributed by atoms with Gasteiger partial charge in [-0.15, -0.1) is 0 Å². The van der Waals surface area contributed by atoms with Crippen LogP contribution in [0.4, 0.5) is 0 Å². The third-order valence-electron chi connectivity index (χ3n) is 7.57. The molecule has 0 fully saturated rings. The number of hydrogen-bond acceptors (Lipinski definition) is 6. The minimum Gasteiger partial charge on any atom is -0.452 e. The molecule has 5 aromatic carbocycles. The Balaban J connectivity index is 1.49. The number of ether oxygens (including phenoxy) is 4. The zero-order valence-corrected chi connectivity index (χ0v) is 23.0. The Morgan fingerprint density at radius 2 is 0.605 bits per heavy atom. The maximum atomic E-state index is 6.72. The van der Waals surface area contributed by atoms with Crippen molar-refractivity contribution in [3.8, 4) is 46.0 Å². The molecule has 0 saturated heterocycles. The summed E-state index contributed by atoms with van der Waals surface area (Å²) >= 11 is 13.4. The van der Waals surface area contributed by atoms with Crippen molar-refractivity contribution in [1.82, 2.24) is 0 Å². The van der Waals surface area contributed by atoms with Gasteiger partial charge in [0.15, 0.2) is 23.0 Å². The number of benzene rings is 5. The summed E-state index contributed by atoms with van der Waals surface area (Å²) in [4.78, 5) is 0. The highest BCUT2D eigenvalue weighted by atomic mass is 32.4. The minimum atomic E-state index is -2.59. The molecule has 182 valence electrons. The highest BCUT2D eigenvalue weighted by molar-refractivity contribution is 8.26. The van der Waals surface area contributed by atoms with E-state index >= 15 is 0 Å². The summed E-state index contributed by atoms with van der Waals surface area (Å²) < 4.78 is 26.8. The van der Waals surface area contributed by atoms with Crippen molar-refractivity contribution in [1.29, 1.82) is 0 Å². The summed E-state index contributed by atoms with van der Waals surface area (Å²) in [6.07, 6.45) is 0. The molecule has 4 nitrogen and oxygen atoms in total. The van der Waals surface area contributed by atoms with E-state index in [0.29, 0.717) is 23.0 Å². The van der Waals surface area contributed by atoms with Gasteiger partial charge in [0.25, 0.3) is 0 Å². The van der Waals surface area contributed by atoms with E-state index in [1.807, 2.05) is 72.8 Å². The van der Waals surface area contributed by atoms with Gasteiger partial charge in [0.1, 0.15) is 23.0 Å². The Labute approximate surface area is 228 Å². The zero-order chi connectivity index (χ0) is 25.2. The molecule has 0 bridgehead atoms. The Kier molecular flexibility index (Phi) is 4.06. The minimum absolute atomic E-state index is 0.599. The van der Waals surface area contributed by atoms with Crippen LogP contribution in [0.25, 0.3) is 0 Å². The first-order valence-electron chi connectivity index (χ1n) is 12.1. The van der Waals surface area contributed by atoms with Crippen molar-refractivity contribution in [2.45, 2.75) is 0 Å². The normalized spacial score (nSPS) is 16.8. The van der Waals surface area contributed by atoms with Crippen molar-refractivity contribution in [3.63, 3.8) is 0 Å². The zero-order valence-electron chi connectivity index (χ0n) is 19.6. The van der Waals surface area contributed by atoms with Crippen molar-refractivity contribution < 1.29 is 18.9 Å². The fourth-order valence-corrected chi connectivity index (χ4v) is 14.9. The quantitative estimate of drug-likeness (QED) is 0.222. The van der Waals surface area contributed by atoms with Gasteiger partial charge in [-0.25, -0.2) is 0 Å². The molecule has 0 amide bonds. The van der Waals surface area contributed by atoms with Crippen LogP contribution < -0.4 is 50.8 Å². The molecule has 4 aliphatic rings. The van der Waals surface area contributed by atoms with Crippen LogP contribution in [0.15, 0.2) is 97.1 Å². The predicted molar refractivity (Wildman–Crippen MR) is 159 cm³/mol. The lowest BCUT2D eigenvalue weighted by atomic mass is 10.2. The molecule has 0 aromatic heterocycles. The van der Waals surface area contributed by atoms with E-state index in [1.54, 1.807) is 0 Å². The first kappa shape index (κ1) is 21.5. The van der Waals surface area contributed by atoms with E-state index in [4.69, 9.17) is 42.6 Å². The maximum Gasteiger partial charge on any atom is 0.183 e. The largest absolute Gasteiger partial charge is 0.452 e. The Bertz CT molecular complexity index is 1740. The number of hydrogen-bond donors (Lipinski definition) is 0. The first-order valence-corrected chi connectivity index (χ1v) is 17.8. The molecule has 38 heavy (non-hydrogen) atoms. The molecular formula is C30H16O4P2S2. The van der Waals surface area contributed by atoms with Gasteiger partial charge < -0.3 is 18.9 Å². The molecule has 0 atom stereocenters. The molecule has 0 N–H and O–H groups in total. The monoisotopic (exact) mass is 566 g/mol. The molecule has 9 rings (SSSR count). The van der Waals surface area contributed by atoms with Crippen LogP contribution in [0.5, 0.6) is 46.0 Å². The van der Waals surface area contributed by atoms with Crippen LogP contribution in [0, 0.1) is 0 Å². The summed E-state index contributed by atoms with van der Waals surface area (Å²) in [5.74, 6) is 5.38. The fraction of sp³-hybridized carbons (Fsp3) is 0. The summed E-state index contributed by atoms with van der Waals surface area (Å²) in [7, 11) is 0. The van der Waals surface area contributed by atoms with Crippen molar-refractivity contribution in [3.05, 3.63) is 97.1 Å². The van der Waals surface area contributed by atoms with Crippen molar-refractivity contribution in [2.24, 2.45) is 0 Å². The van der Waals surface area contributed by atoms with Gasteiger partial charge in [0.05, 0.1) is 22.7 Å². The fourth-order valence-electron chi connectivity index (χ4n) is 5.98. The van der Waals surface area contributed by atoms with Crippen LogP contribution in [0.2, 0.25) is 0 Å². The van der Waals surface area contributed by atoms with Gasteiger partial charge in [0, 0.05) is 21.2 Å².